The second-order valence-corrected chi connectivity index (χ2v) is 5.56. The number of amidine groups is 1. The number of ether oxygens (including phenoxy) is 1. The van der Waals surface area contributed by atoms with Crippen molar-refractivity contribution < 1.29 is 9.53 Å². The molecule has 2 atom stereocenters. The van der Waals surface area contributed by atoms with Gasteiger partial charge in [-0.1, -0.05) is 48.0 Å². The first-order chi connectivity index (χ1) is 11.6. The highest BCUT2D eigenvalue weighted by Gasteiger charge is 2.62. The van der Waals surface area contributed by atoms with Crippen LogP contribution in [-0.4, -0.2) is 17.3 Å². The summed E-state index contributed by atoms with van der Waals surface area (Å²) in [5, 5.41) is 13.3. The van der Waals surface area contributed by atoms with Gasteiger partial charge in [-0.05, 0) is 24.6 Å². The molecule has 2 aromatic rings. The monoisotopic (exact) mass is 320 g/mol. The molecule has 0 bridgehead atoms. The summed E-state index contributed by atoms with van der Waals surface area (Å²) in [5.74, 6) is -0.473. The van der Waals surface area contributed by atoms with E-state index in [0.717, 1.165) is 11.1 Å². The van der Waals surface area contributed by atoms with Crippen molar-refractivity contribution in [3.8, 4) is 6.07 Å². The molecule has 0 saturated carbocycles. The number of nitriles is 1. The van der Waals surface area contributed by atoms with Gasteiger partial charge in [-0.15, -0.1) is 0 Å². The molecule has 3 rings (SSSR count). The van der Waals surface area contributed by atoms with Gasteiger partial charge in [0.2, 0.25) is 5.60 Å². The van der Waals surface area contributed by atoms with Crippen molar-refractivity contribution in [1.82, 2.24) is 5.43 Å². The van der Waals surface area contributed by atoms with E-state index in [1.165, 1.54) is 0 Å². The lowest BCUT2D eigenvalue weighted by Crippen LogP contribution is -2.35. The maximum atomic E-state index is 12.0. The lowest BCUT2D eigenvalue weighted by Gasteiger charge is -2.05. The second kappa shape index (κ2) is 6.14. The number of nitrogens with zero attached hydrogens (tertiary/aromatic N) is 2. The lowest BCUT2D eigenvalue weighted by atomic mass is 9.99. The topological polar surface area (TPSA) is 104 Å². The van der Waals surface area contributed by atoms with Crippen LogP contribution in [0.15, 0.2) is 59.7 Å². The third kappa shape index (κ3) is 2.85. The minimum atomic E-state index is -1.33. The number of hydrogen-bond acceptors (Lipinski definition) is 4. The van der Waals surface area contributed by atoms with Gasteiger partial charge >= 0.3 is 0 Å². The van der Waals surface area contributed by atoms with Crippen LogP contribution in [0.1, 0.15) is 27.6 Å². The molecule has 24 heavy (non-hydrogen) atoms. The average Bonchev–Trinajstić information content (AvgIpc) is 3.37. The van der Waals surface area contributed by atoms with E-state index in [0.29, 0.717) is 5.56 Å². The predicted octanol–water partition coefficient (Wildman–Crippen LogP) is 2.03. The van der Waals surface area contributed by atoms with Crippen LogP contribution >= 0.6 is 0 Å². The van der Waals surface area contributed by atoms with E-state index < -0.39 is 17.6 Å². The molecule has 1 heterocycles. The number of hydrazone groups is 1. The summed E-state index contributed by atoms with van der Waals surface area (Å²) in [5.41, 5.74) is 9.32. The Labute approximate surface area is 139 Å². The second-order valence-electron chi connectivity index (χ2n) is 5.56. The fourth-order valence-corrected chi connectivity index (χ4v) is 2.38. The SMILES string of the molecule is Cc1ccc([C@H]2O[C@]2(C#N)/C(N)=N/NC(=O)c2ccccc2)cc1. The molecule has 0 unspecified atom stereocenters. The van der Waals surface area contributed by atoms with Crippen molar-refractivity contribution in [3.63, 3.8) is 0 Å². The molecule has 120 valence electrons. The molecule has 6 heteroatoms. The van der Waals surface area contributed by atoms with Crippen molar-refractivity contribution in [3.05, 3.63) is 71.3 Å². The number of nitrogens with one attached hydrogen (secondary N) is 1. The molecule has 2 aromatic carbocycles. The number of benzene rings is 2. The molecule has 3 N–H and O–H groups in total. The van der Waals surface area contributed by atoms with Crippen LogP contribution in [0.25, 0.3) is 0 Å². The van der Waals surface area contributed by atoms with Gasteiger partial charge in [0, 0.05) is 5.56 Å². The zero-order valence-corrected chi connectivity index (χ0v) is 13.1. The number of amides is 1. The lowest BCUT2D eigenvalue weighted by molar-refractivity contribution is 0.0954. The van der Waals surface area contributed by atoms with Crippen LogP contribution in [-0.2, 0) is 4.74 Å². The molecule has 1 aliphatic heterocycles. The Morgan fingerprint density at radius 3 is 2.54 bits per heavy atom. The van der Waals surface area contributed by atoms with E-state index in [1.807, 2.05) is 43.3 Å². The normalized spacial score (nSPS) is 22.5. The average molecular weight is 320 g/mol. The van der Waals surface area contributed by atoms with Gasteiger partial charge in [0.15, 0.2) is 5.84 Å². The van der Waals surface area contributed by atoms with Gasteiger partial charge in [0.25, 0.3) is 5.91 Å². The Hall–Kier alpha value is -3.17. The Balaban J connectivity index is 1.74. The van der Waals surface area contributed by atoms with E-state index in [9.17, 15) is 10.1 Å². The number of carbonyl (C=O) groups excluding carboxylic acids is 1. The zero-order chi connectivity index (χ0) is 17.2. The van der Waals surface area contributed by atoms with Gasteiger partial charge in [-0.25, -0.2) is 5.43 Å². The van der Waals surface area contributed by atoms with E-state index >= 15 is 0 Å². The Bertz CT molecular complexity index is 824. The van der Waals surface area contributed by atoms with E-state index in [4.69, 9.17) is 10.5 Å². The quantitative estimate of drug-likeness (QED) is 0.389. The minimum absolute atomic E-state index is 0.0696. The molecule has 0 radical (unpaired) electrons. The Morgan fingerprint density at radius 1 is 1.25 bits per heavy atom. The molecule has 0 aliphatic carbocycles. The van der Waals surface area contributed by atoms with Gasteiger partial charge in [-0.3, -0.25) is 4.79 Å². The Morgan fingerprint density at radius 2 is 1.92 bits per heavy atom. The fraction of sp³-hybridized carbons (Fsp3) is 0.167. The summed E-state index contributed by atoms with van der Waals surface area (Å²) >= 11 is 0. The molecule has 1 amide bonds. The predicted molar refractivity (Wildman–Crippen MR) is 88.9 cm³/mol. The zero-order valence-electron chi connectivity index (χ0n) is 13.1. The van der Waals surface area contributed by atoms with E-state index in [1.54, 1.807) is 24.3 Å². The molecular weight excluding hydrogens is 304 g/mol. The summed E-state index contributed by atoms with van der Waals surface area (Å²) in [4.78, 5) is 12.0. The highest BCUT2D eigenvalue weighted by Crippen LogP contribution is 2.49. The van der Waals surface area contributed by atoms with Crippen LogP contribution < -0.4 is 11.2 Å². The Kier molecular flexibility index (Phi) is 4.02. The van der Waals surface area contributed by atoms with Crippen molar-refractivity contribution in [1.29, 1.82) is 5.26 Å². The van der Waals surface area contributed by atoms with Gasteiger partial charge in [0.05, 0.1) is 0 Å². The van der Waals surface area contributed by atoms with E-state index in [-0.39, 0.29) is 5.84 Å². The van der Waals surface area contributed by atoms with Crippen molar-refractivity contribution in [2.45, 2.75) is 18.6 Å². The van der Waals surface area contributed by atoms with Gasteiger partial charge < -0.3 is 10.5 Å². The molecule has 0 aromatic heterocycles. The van der Waals surface area contributed by atoms with Crippen molar-refractivity contribution in [2.75, 3.05) is 0 Å². The number of nitrogens with two attached hydrogens (primary N) is 1. The molecule has 1 aliphatic rings. The first kappa shape index (κ1) is 15.7. The number of aryl methyl sites for hydroxylation is 1. The van der Waals surface area contributed by atoms with Crippen molar-refractivity contribution >= 4 is 11.7 Å². The number of rotatable bonds is 4. The molecule has 0 spiro atoms. The van der Waals surface area contributed by atoms with Crippen LogP contribution in [0.4, 0.5) is 0 Å². The smallest absolute Gasteiger partial charge is 0.271 e. The fourth-order valence-electron chi connectivity index (χ4n) is 2.38. The van der Waals surface area contributed by atoms with Gasteiger partial charge in [-0.2, -0.15) is 10.4 Å². The first-order valence-corrected chi connectivity index (χ1v) is 7.41. The van der Waals surface area contributed by atoms with Gasteiger partial charge in [0.1, 0.15) is 12.2 Å². The number of epoxide rings is 1. The third-order valence-corrected chi connectivity index (χ3v) is 3.86. The standard InChI is InChI=1S/C18H16N4O2/c1-12-7-9-13(10-8-12)15-18(11-19,24-15)17(20)22-21-16(23)14-5-3-2-4-6-14/h2-10,15H,1H3,(H2,20,22)(H,21,23)/t15-,18+/m1/s1. The molecule has 1 saturated heterocycles. The summed E-state index contributed by atoms with van der Waals surface area (Å²) in [6.07, 6.45) is -0.486. The van der Waals surface area contributed by atoms with E-state index in [2.05, 4.69) is 10.5 Å². The van der Waals surface area contributed by atoms with Crippen molar-refractivity contribution in [2.24, 2.45) is 10.8 Å². The molecule has 1 fully saturated rings. The maximum absolute atomic E-state index is 12.0. The summed E-state index contributed by atoms with van der Waals surface area (Å²) in [6, 6.07) is 18.3. The first-order valence-electron chi connectivity index (χ1n) is 7.41. The summed E-state index contributed by atoms with van der Waals surface area (Å²) < 4.78 is 5.51. The third-order valence-electron chi connectivity index (χ3n) is 3.86. The van der Waals surface area contributed by atoms with Crippen LogP contribution in [0.3, 0.4) is 0 Å². The largest absolute Gasteiger partial charge is 0.382 e. The molecular formula is C18H16N4O2. The summed E-state index contributed by atoms with van der Waals surface area (Å²) in [6.45, 7) is 1.98. The highest BCUT2D eigenvalue weighted by molar-refractivity contribution is 5.98. The number of carbonyl (C=O) groups is 1. The summed E-state index contributed by atoms with van der Waals surface area (Å²) in [7, 11) is 0. The van der Waals surface area contributed by atoms with Crippen LogP contribution in [0.5, 0.6) is 0 Å². The van der Waals surface area contributed by atoms with Crippen LogP contribution in [0.2, 0.25) is 0 Å². The highest BCUT2D eigenvalue weighted by atomic mass is 16.6. The molecule has 6 nitrogen and oxygen atoms in total. The minimum Gasteiger partial charge on any atom is -0.382 e. The number of hydrogen-bond donors (Lipinski definition) is 2. The maximum Gasteiger partial charge on any atom is 0.271 e. The van der Waals surface area contributed by atoms with Crippen LogP contribution in [0, 0.1) is 18.3 Å².